The number of hydrogen-bond donors (Lipinski definition) is 2. The lowest BCUT2D eigenvalue weighted by Gasteiger charge is -2.27. The Bertz CT molecular complexity index is 774. The Morgan fingerprint density at radius 1 is 1.29 bits per heavy atom. The van der Waals surface area contributed by atoms with Crippen LogP contribution >= 0.6 is 0 Å². The Labute approximate surface area is 139 Å². The van der Waals surface area contributed by atoms with E-state index in [0.29, 0.717) is 11.4 Å². The van der Waals surface area contributed by atoms with Crippen molar-refractivity contribution < 1.29 is 14.3 Å². The van der Waals surface area contributed by atoms with Crippen LogP contribution in [0.1, 0.15) is 12.5 Å². The number of rotatable bonds is 4. The van der Waals surface area contributed by atoms with Crippen molar-refractivity contribution in [2.75, 3.05) is 29.1 Å². The molecule has 1 aromatic carbocycles. The van der Waals surface area contributed by atoms with Crippen molar-refractivity contribution in [2.24, 2.45) is 0 Å². The minimum absolute atomic E-state index is 0.128. The van der Waals surface area contributed by atoms with Gasteiger partial charge in [0.25, 0.3) is 5.91 Å². The molecule has 2 aromatic rings. The molecular formula is C17H18N4O3. The molecule has 1 aliphatic rings. The van der Waals surface area contributed by atoms with Gasteiger partial charge >= 0.3 is 0 Å². The second-order valence-corrected chi connectivity index (χ2v) is 5.43. The van der Waals surface area contributed by atoms with E-state index in [-0.39, 0.29) is 36.6 Å². The van der Waals surface area contributed by atoms with Crippen LogP contribution in [0.2, 0.25) is 0 Å². The monoisotopic (exact) mass is 326 g/mol. The zero-order valence-corrected chi connectivity index (χ0v) is 13.3. The lowest BCUT2D eigenvalue weighted by molar-refractivity contribution is -0.123. The van der Waals surface area contributed by atoms with E-state index in [1.807, 2.05) is 24.3 Å². The smallest absolute Gasteiger partial charge is 0.266 e. The molecule has 0 radical (unpaired) electrons. The van der Waals surface area contributed by atoms with Crippen molar-refractivity contribution in [3.63, 3.8) is 0 Å². The number of carbonyl (C=O) groups is 2. The topological polar surface area (TPSA) is 97.5 Å². The number of aryl methyl sites for hydroxylation is 1. The standard InChI is InChI=1S/C17H18N4O3/c1-2-11-3-5-12(6-4-11)19-15(22)9-21-16(23)10-24-13-7-8-14(18)20-17(13)21/h3-8H,2,9-10H2,1H3,(H2,18,20)(H,19,22). The highest BCUT2D eigenvalue weighted by atomic mass is 16.5. The molecule has 24 heavy (non-hydrogen) atoms. The molecule has 7 nitrogen and oxygen atoms in total. The van der Waals surface area contributed by atoms with E-state index in [0.717, 1.165) is 6.42 Å². The molecule has 1 aromatic heterocycles. The first-order chi connectivity index (χ1) is 11.6. The Morgan fingerprint density at radius 2 is 2.04 bits per heavy atom. The summed E-state index contributed by atoms with van der Waals surface area (Å²) >= 11 is 0. The number of nitrogens with two attached hydrogens (primary N) is 1. The largest absolute Gasteiger partial charge is 0.480 e. The molecule has 0 saturated carbocycles. The molecule has 3 N–H and O–H groups in total. The summed E-state index contributed by atoms with van der Waals surface area (Å²) in [4.78, 5) is 29.7. The zero-order valence-electron chi connectivity index (χ0n) is 13.3. The Balaban J connectivity index is 1.74. The molecule has 0 fully saturated rings. The number of fused-ring (bicyclic) bond motifs is 1. The van der Waals surface area contributed by atoms with Gasteiger partial charge in [0.05, 0.1) is 0 Å². The number of hydrogen-bond acceptors (Lipinski definition) is 5. The maximum Gasteiger partial charge on any atom is 0.266 e. The van der Waals surface area contributed by atoms with Crippen LogP contribution in [0.5, 0.6) is 5.75 Å². The molecule has 2 amide bonds. The Kier molecular flexibility index (Phi) is 4.33. The number of pyridine rings is 1. The van der Waals surface area contributed by atoms with Gasteiger partial charge in [-0.3, -0.25) is 14.5 Å². The highest BCUT2D eigenvalue weighted by Crippen LogP contribution is 2.30. The Morgan fingerprint density at radius 3 is 2.75 bits per heavy atom. The minimum Gasteiger partial charge on any atom is -0.480 e. The summed E-state index contributed by atoms with van der Waals surface area (Å²) in [6, 6.07) is 10.8. The van der Waals surface area contributed by atoms with Gasteiger partial charge in [0, 0.05) is 5.69 Å². The minimum atomic E-state index is -0.336. The van der Waals surface area contributed by atoms with Gasteiger partial charge in [-0.1, -0.05) is 19.1 Å². The predicted molar refractivity (Wildman–Crippen MR) is 90.9 cm³/mol. The van der Waals surface area contributed by atoms with Gasteiger partial charge in [0.1, 0.15) is 12.4 Å². The average Bonchev–Trinajstić information content (AvgIpc) is 2.58. The fourth-order valence-electron chi connectivity index (χ4n) is 2.42. The van der Waals surface area contributed by atoms with E-state index in [1.165, 1.54) is 10.5 Å². The molecule has 0 unspecified atom stereocenters. The highest BCUT2D eigenvalue weighted by molar-refractivity contribution is 6.04. The SMILES string of the molecule is CCc1ccc(NC(=O)CN2C(=O)COc3ccc(N)nc32)cc1. The number of nitrogen functional groups attached to an aromatic ring is 1. The van der Waals surface area contributed by atoms with E-state index >= 15 is 0 Å². The van der Waals surface area contributed by atoms with Crippen LogP contribution in [0.4, 0.5) is 17.3 Å². The van der Waals surface area contributed by atoms with Crippen molar-refractivity contribution in [1.82, 2.24) is 4.98 Å². The number of nitrogens with one attached hydrogen (secondary N) is 1. The maximum atomic E-state index is 12.3. The van der Waals surface area contributed by atoms with Crippen LogP contribution in [0, 0.1) is 0 Å². The number of nitrogens with zero attached hydrogens (tertiary/aromatic N) is 2. The first-order valence-electron chi connectivity index (χ1n) is 7.65. The van der Waals surface area contributed by atoms with Gasteiger partial charge in [0.15, 0.2) is 18.2 Å². The van der Waals surface area contributed by atoms with Crippen LogP contribution in [0.25, 0.3) is 0 Å². The van der Waals surface area contributed by atoms with Gasteiger partial charge in [0.2, 0.25) is 5.91 Å². The van der Waals surface area contributed by atoms with Gasteiger partial charge in [-0.2, -0.15) is 0 Å². The second kappa shape index (κ2) is 6.57. The van der Waals surface area contributed by atoms with Gasteiger partial charge in [-0.15, -0.1) is 0 Å². The molecule has 0 aliphatic carbocycles. The molecule has 7 heteroatoms. The summed E-state index contributed by atoms with van der Waals surface area (Å²) in [6.07, 6.45) is 0.931. The van der Waals surface area contributed by atoms with Crippen LogP contribution in [0.3, 0.4) is 0 Å². The average molecular weight is 326 g/mol. The summed E-state index contributed by atoms with van der Waals surface area (Å²) in [5.74, 6) is 0.306. The van der Waals surface area contributed by atoms with E-state index in [4.69, 9.17) is 10.5 Å². The van der Waals surface area contributed by atoms with E-state index < -0.39 is 0 Å². The normalized spacial score (nSPS) is 13.2. The molecule has 0 saturated heterocycles. The first-order valence-corrected chi connectivity index (χ1v) is 7.65. The number of aromatic nitrogens is 1. The molecule has 0 atom stereocenters. The number of carbonyl (C=O) groups excluding carboxylic acids is 2. The molecular weight excluding hydrogens is 308 g/mol. The molecule has 124 valence electrons. The van der Waals surface area contributed by atoms with E-state index in [1.54, 1.807) is 12.1 Å². The van der Waals surface area contributed by atoms with Gasteiger partial charge in [-0.25, -0.2) is 4.98 Å². The highest BCUT2D eigenvalue weighted by Gasteiger charge is 2.28. The summed E-state index contributed by atoms with van der Waals surface area (Å²) in [5.41, 5.74) is 7.53. The van der Waals surface area contributed by atoms with Gasteiger partial charge < -0.3 is 15.8 Å². The number of ether oxygens (including phenoxy) is 1. The van der Waals surface area contributed by atoms with Crippen molar-refractivity contribution in [3.8, 4) is 5.75 Å². The van der Waals surface area contributed by atoms with E-state index in [9.17, 15) is 9.59 Å². The third-order valence-corrected chi connectivity index (χ3v) is 3.72. The van der Waals surface area contributed by atoms with E-state index in [2.05, 4.69) is 17.2 Å². The molecule has 3 rings (SSSR count). The van der Waals surface area contributed by atoms with Crippen LogP contribution < -0.4 is 20.7 Å². The third-order valence-electron chi connectivity index (χ3n) is 3.72. The summed E-state index contributed by atoms with van der Waals surface area (Å²) in [7, 11) is 0. The number of anilines is 3. The molecule has 2 heterocycles. The third kappa shape index (κ3) is 3.29. The molecule has 0 spiro atoms. The lowest BCUT2D eigenvalue weighted by atomic mass is 10.1. The van der Waals surface area contributed by atoms with Crippen LogP contribution in [-0.2, 0) is 16.0 Å². The Hall–Kier alpha value is -3.09. The number of benzene rings is 1. The summed E-state index contributed by atoms with van der Waals surface area (Å²) < 4.78 is 5.31. The fourth-order valence-corrected chi connectivity index (χ4v) is 2.42. The number of amides is 2. The first kappa shape index (κ1) is 15.8. The van der Waals surface area contributed by atoms with Crippen LogP contribution in [-0.4, -0.2) is 29.9 Å². The quantitative estimate of drug-likeness (QED) is 0.889. The summed E-state index contributed by atoms with van der Waals surface area (Å²) in [5, 5.41) is 2.77. The van der Waals surface area contributed by atoms with Crippen molar-refractivity contribution in [3.05, 3.63) is 42.0 Å². The zero-order chi connectivity index (χ0) is 17.1. The predicted octanol–water partition coefficient (Wildman–Crippen LogP) is 1.59. The second-order valence-electron chi connectivity index (χ2n) is 5.43. The molecule has 1 aliphatic heterocycles. The van der Waals surface area contributed by atoms with Crippen molar-refractivity contribution in [1.29, 1.82) is 0 Å². The van der Waals surface area contributed by atoms with Crippen LogP contribution in [0.15, 0.2) is 36.4 Å². The maximum absolute atomic E-state index is 12.3. The summed E-state index contributed by atoms with van der Waals surface area (Å²) in [6.45, 7) is 1.78. The van der Waals surface area contributed by atoms with Crippen molar-refractivity contribution >= 4 is 29.1 Å². The van der Waals surface area contributed by atoms with Gasteiger partial charge in [-0.05, 0) is 36.2 Å². The fraction of sp³-hybridized carbons (Fsp3) is 0.235. The molecule has 0 bridgehead atoms. The lowest BCUT2D eigenvalue weighted by Crippen LogP contribution is -2.44. The van der Waals surface area contributed by atoms with Crippen molar-refractivity contribution in [2.45, 2.75) is 13.3 Å².